The summed E-state index contributed by atoms with van der Waals surface area (Å²) < 4.78 is 26.2. The number of rotatable bonds is 3. The van der Waals surface area contributed by atoms with Crippen LogP contribution in [0.5, 0.6) is 0 Å². The number of nitrogens with one attached hydrogen (secondary N) is 1. The average Bonchev–Trinajstić information content (AvgIpc) is 2.09. The van der Waals surface area contributed by atoms with Gasteiger partial charge in [-0.1, -0.05) is 29.8 Å². The van der Waals surface area contributed by atoms with Crippen LogP contribution in [0.15, 0.2) is 16.6 Å². The Morgan fingerprint density at radius 1 is 1.29 bits per heavy atom. The molecule has 0 amide bonds. The van der Waals surface area contributed by atoms with Crippen molar-refractivity contribution >= 4 is 15.9 Å². The van der Waals surface area contributed by atoms with E-state index in [-0.39, 0.29) is 0 Å². The molecule has 0 heterocycles. The van der Waals surface area contributed by atoms with Gasteiger partial charge in [0, 0.05) is 17.1 Å². The molecule has 0 fully saturated rings. The zero-order chi connectivity index (χ0) is 10.7. The van der Waals surface area contributed by atoms with Crippen molar-refractivity contribution in [3.63, 3.8) is 0 Å². The summed E-state index contributed by atoms with van der Waals surface area (Å²) in [5.74, 6) is -1.64. The van der Waals surface area contributed by atoms with E-state index in [1.807, 2.05) is 13.8 Å². The molecular formula is C10H12BrF2N. The first-order valence-electron chi connectivity index (χ1n) is 4.37. The molecule has 1 aromatic carbocycles. The van der Waals surface area contributed by atoms with Crippen LogP contribution in [0.2, 0.25) is 0 Å². The Morgan fingerprint density at radius 2 is 1.86 bits per heavy atom. The lowest BCUT2D eigenvalue weighted by Gasteiger charge is -2.09. The van der Waals surface area contributed by atoms with Gasteiger partial charge >= 0.3 is 0 Å². The molecule has 1 N–H and O–H groups in total. The van der Waals surface area contributed by atoms with E-state index >= 15 is 0 Å². The zero-order valence-electron chi connectivity index (χ0n) is 8.07. The molecular weight excluding hydrogens is 252 g/mol. The minimum atomic E-state index is -0.829. The van der Waals surface area contributed by atoms with Crippen LogP contribution in [0.3, 0.4) is 0 Å². The van der Waals surface area contributed by atoms with Crippen molar-refractivity contribution in [2.24, 2.45) is 0 Å². The fourth-order valence-electron chi connectivity index (χ4n) is 1.01. The monoisotopic (exact) mass is 263 g/mol. The van der Waals surface area contributed by atoms with Gasteiger partial charge in [0.2, 0.25) is 0 Å². The second-order valence-corrected chi connectivity index (χ2v) is 4.25. The average molecular weight is 264 g/mol. The highest BCUT2D eigenvalue weighted by atomic mass is 79.9. The van der Waals surface area contributed by atoms with Crippen LogP contribution in [0.25, 0.3) is 0 Å². The van der Waals surface area contributed by atoms with Crippen LogP contribution in [-0.2, 0) is 6.54 Å². The highest BCUT2D eigenvalue weighted by Gasteiger charge is 2.07. The Labute approximate surface area is 90.6 Å². The summed E-state index contributed by atoms with van der Waals surface area (Å²) in [6, 6.07) is 2.66. The van der Waals surface area contributed by atoms with Crippen molar-refractivity contribution in [1.82, 2.24) is 5.32 Å². The third-order valence-corrected chi connectivity index (χ3v) is 2.53. The second kappa shape index (κ2) is 4.84. The van der Waals surface area contributed by atoms with E-state index in [9.17, 15) is 8.78 Å². The molecule has 0 bridgehead atoms. The first-order valence-corrected chi connectivity index (χ1v) is 5.17. The van der Waals surface area contributed by atoms with Crippen LogP contribution < -0.4 is 5.32 Å². The minimum absolute atomic E-state index is 0.315. The predicted molar refractivity (Wildman–Crippen MR) is 56.0 cm³/mol. The van der Waals surface area contributed by atoms with Gasteiger partial charge in [-0.15, -0.1) is 0 Å². The van der Waals surface area contributed by atoms with E-state index in [2.05, 4.69) is 21.2 Å². The molecule has 0 aliphatic carbocycles. The summed E-state index contributed by atoms with van der Waals surface area (Å²) in [7, 11) is 0. The standard InChI is InChI=1S/C10H12BrF2N/c1-6(2)14-5-7-3-9(12)10(13)4-8(7)11/h3-4,6,14H,5H2,1-2H3. The van der Waals surface area contributed by atoms with Gasteiger partial charge in [-0.05, 0) is 17.7 Å². The van der Waals surface area contributed by atoms with Gasteiger partial charge in [0.05, 0.1) is 0 Å². The maximum Gasteiger partial charge on any atom is 0.159 e. The zero-order valence-corrected chi connectivity index (χ0v) is 9.66. The second-order valence-electron chi connectivity index (χ2n) is 3.39. The van der Waals surface area contributed by atoms with Crippen molar-refractivity contribution in [2.75, 3.05) is 0 Å². The molecule has 4 heteroatoms. The summed E-state index contributed by atoms with van der Waals surface area (Å²) in [6.07, 6.45) is 0. The van der Waals surface area contributed by atoms with E-state index in [0.29, 0.717) is 17.1 Å². The van der Waals surface area contributed by atoms with E-state index in [1.165, 1.54) is 6.07 Å². The van der Waals surface area contributed by atoms with Crippen molar-refractivity contribution in [3.8, 4) is 0 Å². The summed E-state index contributed by atoms with van der Waals surface area (Å²) in [6.45, 7) is 4.51. The lowest BCUT2D eigenvalue weighted by atomic mass is 10.2. The minimum Gasteiger partial charge on any atom is -0.310 e. The summed E-state index contributed by atoms with van der Waals surface area (Å²) in [5.41, 5.74) is 0.720. The summed E-state index contributed by atoms with van der Waals surface area (Å²) in [5, 5.41) is 3.13. The first-order chi connectivity index (χ1) is 6.50. The van der Waals surface area contributed by atoms with E-state index in [4.69, 9.17) is 0 Å². The highest BCUT2D eigenvalue weighted by molar-refractivity contribution is 9.10. The largest absolute Gasteiger partial charge is 0.310 e. The van der Waals surface area contributed by atoms with Gasteiger partial charge in [-0.3, -0.25) is 0 Å². The third-order valence-electron chi connectivity index (χ3n) is 1.79. The SMILES string of the molecule is CC(C)NCc1cc(F)c(F)cc1Br. The normalized spacial score (nSPS) is 11.0. The van der Waals surface area contributed by atoms with Crippen molar-refractivity contribution < 1.29 is 8.78 Å². The Bertz CT molecular complexity index is 326. The van der Waals surface area contributed by atoms with Crippen LogP contribution >= 0.6 is 15.9 Å². The fraction of sp³-hybridized carbons (Fsp3) is 0.400. The Morgan fingerprint density at radius 3 is 2.43 bits per heavy atom. The molecule has 1 nitrogen and oxygen atoms in total. The maximum atomic E-state index is 12.9. The molecule has 0 unspecified atom stereocenters. The van der Waals surface area contributed by atoms with Gasteiger partial charge in [0.15, 0.2) is 11.6 Å². The molecule has 1 aromatic rings. The third kappa shape index (κ3) is 3.03. The molecule has 0 spiro atoms. The molecule has 0 saturated heterocycles. The lowest BCUT2D eigenvalue weighted by molar-refractivity contribution is 0.503. The van der Waals surface area contributed by atoms with Crippen molar-refractivity contribution in [1.29, 1.82) is 0 Å². The number of benzene rings is 1. The molecule has 0 saturated carbocycles. The van der Waals surface area contributed by atoms with Crippen molar-refractivity contribution in [3.05, 3.63) is 33.8 Å². The van der Waals surface area contributed by atoms with E-state index < -0.39 is 11.6 Å². The molecule has 0 aliphatic rings. The molecule has 0 aromatic heterocycles. The van der Waals surface area contributed by atoms with Gasteiger partial charge < -0.3 is 5.32 Å². The Kier molecular flexibility index (Phi) is 4.01. The van der Waals surface area contributed by atoms with Crippen LogP contribution in [-0.4, -0.2) is 6.04 Å². The molecule has 78 valence electrons. The maximum absolute atomic E-state index is 12.9. The molecule has 0 atom stereocenters. The van der Waals surface area contributed by atoms with E-state index in [0.717, 1.165) is 11.6 Å². The fourth-order valence-corrected chi connectivity index (χ4v) is 1.47. The predicted octanol–water partition coefficient (Wildman–Crippen LogP) is 3.23. The molecule has 0 radical (unpaired) electrons. The quantitative estimate of drug-likeness (QED) is 0.826. The molecule has 1 rings (SSSR count). The number of hydrogen-bond donors (Lipinski definition) is 1. The number of hydrogen-bond acceptors (Lipinski definition) is 1. The summed E-state index contributed by atoms with van der Waals surface area (Å²) >= 11 is 3.18. The van der Waals surface area contributed by atoms with Gasteiger partial charge in [-0.2, -0.15) is 0 Å². The Balaban J connectivity index is 2.82. The smallest absolute Gasteiger partial charge is 0.159 e. The van der Waals surface area contributed by atoms with Gasteiger partial charge in [0.1, 0.15) is 0 Å². The summed E-state index contributed by atoms with van der Waals surface area (Å²) in [4.78, 5) is 0. The lowest BCUT2D eigenvalue weighted by Crippen LogP contribution is -2.22. The van der Waals surface area contributed by atoms with Crippen LogP contribution in [0.1, 0.15) is 19.4 Å². The van der Waals surface area contributed by atoms with Gasteiger partial charge in [-0.25, -0.2) is 8.78 Å². The molecule has 14 heavy (non-hydrogen) atoms. The number of halogens is 3. The van der Waals surface area contributed by atoms with Crippen LogP contribution in [0.4, 0.5) is 8.78 Å². The van der Waals surface area contributed by atoms with Crippen LogP contribution in [0, 0.1) is 11.6 Å². The van der Waals surface area contributed by atoms with Crippen molar-refractivity contribution in [2.45, 2.75) is 26.4 Å². The Hall–Kier alpha value is -0.480. The van der Waals surface area contributed by atoms with Gasteiger partial charge in [0.25, 0.3) is 0 Å². The highest BCUT2D eigenvalue weighted by Crippen LogP contribution is 2.20. The first kappa shape index (κ1) is 11.6. The topological polar surface area (TPSA) is 12.0 Å². The molecule has 0 aliphatic heterocycles. The van der Waals surface area contributed by atoms with E-state index in [1.54, 1.807) is 0 Å².